The molecule has 0 aromatic carbocycles. The summed E-state index contributed by atoms with van der Waals surface area (Å²) < 4.78 is 39.5. The van der Waals surface area contributed by atoms with Crippen LogP contribution in [0.4, 0.5) is 0 Å². The molecule has 0 bridgehead atoms. The molecule has 1 saturated carbocycles. The van der Waals surface area contributed by atoms with Crippen LogP contribution in [0, 0.1) is 11.8 Å². The highest BCUT2D eigenvalue weighted by atomic mass is 32.2. The van der Waals surface area contributed by atoms with E-state index in [0.29, 0.717) is 6.42 Å². The van der Waals surface area contributed by atoms with Crippen LogP contribution < -0.4 is 0 Å². The first-order valence-corrected chi connectivity index (χ1v) is 9.24. The third kappa shape index (κ3) is 2.57. The van der Waals surface area contributed by atoms with E-state index in [4.69, 9.17) is 14.2 Å². The van der Waals surface area contributed by atoms with Crippen LogP contribution in [0.25, 0.3) is 0 Å². The molecule has 3 fully saturated rings. The van der Waals surface area contributed by atoms with Crippen LogP contribution in [-0.2, 0) is 33.6 Å². The van der Waals surface area contributed by atoms with E-state index in [1.807, 2.05) is 6.92 Å². The van der Waals surface area contributed by atoms with Gasteiger partial charge in [-0.1, -0.05) is 13.5 Å². The first-order chi connectivity index (χ1) is 10.7. The van der Waals surface area contributed by atoms with Crippen molar-refractivity contribution in [2.45, 2.75) is 49.6 Å². The molecule has 2 aliphatic heterocycles. The Balaban J connectivity index is 1.50. The van der Waals surface area contributed by atoms with Crippen LogP contribution in [0.3, 0.4) is 0 Å². The number of hydrogen-bond acceptors (Lipinski definition) is 7. The third-order valence-corrected chi connectivity index (χ3v) is 7.23. The number of rotatable bonds is 5. The Bertz CT molecular complexity index is 653. The topological polar surface area (TPSA) is 96.0 Å². The van der Waals surface area contributed by atoms with E-state index in [1.54, 1.807) is 0 Å². The van der Waals surface area contributed by atoms with Crippen molar-refractivity contribution in [3.05, 3.63) is 12.2 Å². The van der Waals surface area contributed by atoms with Gasteiger partial charge in [-0.25, -0.2) is 13.2 Å². The van der Waals surface area contributed by atoms with E-state index < -0.39 is 33.3 Å². The molecule has 6 atom stereocenters. The summed E-state index contributed by atoms with van der Waals surface area (Å²) in [6.07, 6.45) is -0.331. The molecule has 3 rings (SSSR count). The molecule has 0 N–H and O–H groups in total. The second kappa shape index (κ2) is 5.59. The largest absolute Gasteiger partial charge is 0.462 e. The van der Waals surface area contributed by atoms with Gasteiger partial charge in [0.25, 0.3) is 0 Å². The van der Waals surface area contributed by atoms with Crippen LogP contribution in [0.5, 0.6) is 0 Å². The highest BCUT2D eigenvalue weighted by Crippen LogP contribution is 2.56. The zero-order chi connectivity index (χ0) is 16.9. The van der Waals surface area contributed by atoms with E-state index in [1.165, 1.54) is 6.92 Å². The predicted octanol–water partition coefficient (Wildman–Crippen LogP) is 0.586. The van der Waals surface area contributed by atoms with Crippen LogP contribution in [-0.4, -0.2) is 49.9 Å². The zero-order valence-corrected chi connectivity index (χ0v) is 13.9. The average molecular weight is 344 g/mol. The van der Waals surface area contributed by atoms with Crippen LogP contribution in [0.2, 0.25) is 0 Å². The lowest BCUT2D eigenvalue weighted by Gasteiger charge is -2.62. The van der Waals surface area contributed by atoms with Crippen molar-refractivity contribution >= 4 is 21.8 Å². The summed E-state index contributed by atoms with van der Waals surface area (Å²) in [5.74, 6) is -1.16. The third-order valence-electron chi connectivity index (χ3n) is 4.80. The Morgan fingerprint density at radius 1 is 1.35 bits per heavy atom. The fourth-order valence-electron chi connectivity index (χ4n) is 3.54. The SMILES string of the molecule is C=C(C)C(=O)OCCC(=O)OC1C(C)CC2C3C1OC3S2(=O)=O. The minimum absolute atomic E-state index is 0.0461. The maximum absolute atomic E-state index is 11.9. The van der Waals surface area contributed by atoms with Gasteiger partial charge in [0.1, 0.15) is 18.8 Å². The van der Waals surface area contributed by atoms with Crippen molar-refractivity contribution in [3.8, 4) is 0 Å². The first kappa shape index (κ1) is 16.4. The molecule has 0 spiro atoms. The van der Waals surface area contributed by atoms with Gasteiger partial charge in [0.2, 0.25) is 0 Å². The maximum Gasteiger partial charge on any atom is 0.333 e. The Hall–Kier alpha value is -1.41. The number of sulfone groups is 1. The van der Waals surface area contributed by atoms with Gasteiger partial charge in [-0.3, -0.25) is 4.79 Å². The molecule has 0 aromatic heterocycles. The lowest BCUT2D eigenvalue weighted by atomic mass is 9.74. The summed E-state index contributed by atoms with van der Waals surface area (Å²) in [4.78, 5) is 23.1. The minimum atomic E-state index is -3.14. The predicted molar refractivity (Wildman–Crippen MR) is 78.9 cm³/mol. The zero-order valence-electron chi connectivity index (χ0n) is 13.1. The van der Waals surface area contributed by atoms with Crippen LogP contribution >= 0.6 is 0 Å². The molecule has 8 heteroatoms. The smallest absolute Gasteiger partial charge is 0.333 e. The number of hydrogen-bond donors (Lipinski definition) is 0. The standard InChI is InChI=1S/C15H20O7S/c1-7(2)14(17)20-5-4-10(16)21-12-8(3)6-9-11-13(12)22-15(11)23(9,18)19/h8-9,11-13,15H,1,4-6H2,2-3H3. The second-order valence-electron chi connectivity index (χ2n) is 6.51. The highest BCUT2D eigenvalue weighted by Gasteiger charge is 2.72. The first-order valence-electron chi connectivity index (χ1n) is 7.63. The van der Waals surface area contributed by atoms with Gasteiger partial charge in [-0.05, 0) is 19.3 Å². The van der Waals surface area contributed by atoms with E-state index in [2.05, 4.69) is 6.58 Å². The molecule has 23 heavy (non-hydrogen) atoms. The molecule has 3 aliphatic rings. The number of esters is 2. The van der Waals surface area contributed by atoms with Crippen LogP contribution in [0.1, 0.15) is 26.7 Å². The van der Waals surface area contributed by atoms with Gasteiger partial charge in [0, 0.05) is 11.5 Å². The normalized spacial score (nSPS) is 39.2. The number of carbonyl (C=O) groups excluding carboxylic acids is 2. The highest BCUT2D eigenvalue weighted by molar-refractivity contribution is 7.94. The van der Waals surface area contributed by atoms with Crippen molar-refractivity contribution in [2.24, 2.45) is 11.8 Å². The van der Waals surface area contributed by atoms with Gasteiger partial charge >= 0.3 is 11.9 Å². The monoisotopic (exact) mass is 344 g/mol. The molecule has 7 nitrogen and oxygen atoms in total. The minimum Gasteiger partial charge on any atom is -0.462 e. The van der Waals surface area contributed by atoms with Crippen molar-refractivity contribution in [2.75, 3.05) is 6.61 Å². The number of ether oxygens (including phenoxy) is 3. The van der Waals surface area contributed by atoms with Gasteiger partial charge < -0.3 is 14.2 Å². The van der Waals surface area contributed by atoms with Gasteiger partial charge in [-0.2, -0.15) is 0 Å². The number of carbonyl (C=O) groups is 2. The van der Waals surface area contributed by atoms with Crippen molar-refractivity contribution < 1.29 is 32.2 Å². The Kier molecular flexibility index (Phi) is 4.00. The lowest BCUT2D eigenvalue weighted by molar-refractivity contribution is -0.242. The molecule has 2 heterocycles. The summed E-state index contributed by atoms with van der Waals surface area (Å²) in [6.45, 7) is 6.77. The molecular formula is C15H20O7S. The summed E-state index contributed by atoms with van der Waals surface area (Å²) in [5, 5.41) is -0.354. The van der Waals surface area contributed by atoms with E-state index in [0.717, 1.165) is 0 Å². The second-order valence-corrected chi connectivity index (χ2v) is 8.76. The quantitative estimate of drug-likeness (QED) is 0.532. The van der Waals surface area contributed by atoms with Gasteiger partial charge in [-0.15, -0.1) is 0 Å². The van der Waals surface area contributed by atoms with Gasteiger partial charge in [0.15, 0.2) is 15.3 Å². The fraction of sp³-hybridized carbons (Fsp3) is 0.733. The molecular weight excluding hydrogens is 324 g/mol. The van der Waals surface area contributed by atoms with Crippen molar-refractivity contribution in [1.82, 2.24) is 0 Å². The summed E-state index contributed by atoms with van der Waals surface area (Å²) in [6, 6.07) is 0. The van der Waals surface area contributed by atoms with E-state index in [-0.39, 0.29) is 41.8 Å². The summed E-state index contributed by atoms with van der Waals surface area (Å²) >= 11 is 0. The molecule has 0 radical (unpaired) electrons. The van der Waals surface area contributed by atoms with E-state index >= 15 is 0 Å². The van der Waals surface area contributed by atoms with Gasteiger partial charge in [0.05, 0.1) is 11.7 Å². The Labute approximate surface area is 134 Å². The Morgan fingerprint density at radius 3 is 2.70 bits per heavy atom. The van der Waals surface area contributed by atoms with Crippen molar-refractivity contribution in [1.29, 1.82) is 0 Å². The average Bonchev–Trinajstić information content (AvgIpc) is 2.42. The molecule has 128 valence electrons. The molecule has 2 saturated heterocycles. The van der Waals surface area contributed by atoms with E-state index in [9.17, 15) is 18.0 Å². The molecule has 0 amide bonds. The molecule has 6 unspecified atom stereocenters. The lowest BCUT2D eigenvalue weighted by Crippen LogP contribution is -2.77. The maximum atomic E-state index is 11.9. The Morgan fingerprint density at radius 2 is 2.04 bits per heavy atom. The molecule has 1 aliphatic carbocycles. The van der Waals surface area contributed by atoms with Crippen LogP contribution in [0.15, 0.2) is 12.2 Å². The summed E-state index contributed by atoms with van der Waals surface area (Å²) in [7, 11) is -3.14. The fourth-order valence-corrected chi connectivity index (χ4v) is 5.99. The molecule has 0 aromatic rings. The van der Waals surface area contributed by atoms with Crippen molar-refractivity contribution in [3.63, 3.8) is 0 Å². The summed E-state index contributed by atoms with van der Waals surface area (Å²) in [5.41, 5.74) is -0.437.